The van der Waals surface area contributed by atoms with Crippen LogP contribution in [0.3, 0.4) is 0 Å². The number of aryl methyl sites for hydroxylation is 1. The van der Waals surface area contributed by atoms with Gasteiger partial charge in [-0.2, -0.15) is 0 Å². The van der Waals surface area contributed by atoms with Crippen molar-refractivity contribution in [3.8, 4) is 5.75 Å². The third-order valence-corrected chi connectivity index (χ3v) is 2.77. The minimum absolute atomic E-state index is 0.0271. The molecule has 0 bridgehead atoms. The molecule has 1 aromatic heterocycles. The molecule has 4 nitrogen and oxygen atoms in total. The van der Waals surface area contributed by atoms with E-state index < -0.39 is 0 Å². The topological polar surface area (TPSA) is 47.0 Å². The summed E-state index contributed by atoms with van der Waals surface area (Å²) in [6.45, 7) is 1.98. The molecule has 0 spiro atoms. The smallest absolute Gasteiger partial charge is 0.149 e. The van der Waals surface area contributed by atoms with Crippen LogP contribution < -0.4 is 10.1 Å². The van der Waals surface area contributed by atoms with Crippen molar-refractivity contribution in [2.24, 2.45) is 0 Å². The maximum Gasteiger partial charge on any atom is 0.149 e. The maximum atomic E-state index is 5.24. The van der Waals surface area contributed by atoms with Crippen molar-refractivity contribution >= 4 is 0 Å². The summed E-state index contributed by atoms with van der Waals surface area (Å²) in [6.07, 6.45) is 3.65. The van der Waals surface area contributed by atoms with Gasteiger partial charge in [-0.1, -0.05) is 12.1 Å². The molecule has 1 heterocycles. The zero-order chi connectivity index (χ0) is 13.0. The van der Waals surface area contributed by atoms with Gasteiger partial charge in [-0.3, -0.25) is 0 Å². The Morgan fingerprint density at radius 1 is 1.22 bits per heavy atom. The molecule has 0 aliphatic carbocycles. The molecular formula is C14H17N3O. The van der Waals surface area contributed by atoms with Gasteiger partial charge in [0.2, 0.25) is 0 Å². The number of nitrogens with one attached hydrogen (secondary N) is 1. The highest BCUT2D eigenvalue weighted by molar-refractivity contribution is 5.33. The lowest BCUT2D eigenvalue weighted by molar-refractivity contribution is 0.413. The first-order chi connectivity index (χ1) is 8.74. The predicted molar refractivity (Wildman–Crippen MR) is 70.7 cm³/mol. The van der Waals surface area contributed by atoms with E-state index in [2.05, 4.69) is 15.3 Å². The van der Waals surface area contributed by atoms with E-state index in [1.54, 1.807) is 7.11 Å². The van der Waals surface area contributed by atoms with Gasteiger partial charge in [0.05, 0.1) is 13.2 Å². The van der Waals surface area contributed by atoms with E-state index >= 15 is 0 Å². The van der Waals surface area contributed by atoms with Crippen molar-refractivity contribution in [2.75, 3.05) is 14.2 Å². The van der Waals surface area contributed by atoms with Gasteiger partial charge in [-0.05, 0) is 37.2 Å². The molecule has 0 amide bonds. The van der Waals surface area contributed by atoms with Crippen molar-refractivity contribution in [3.05, 3.63) is 53.6 Å². The van der Waals surface area contributed by atoms with Crippen molar-refractivity contribution in [1.82, 2.24) is 15.3 Å². The van der Waals surface area contributed by atoms with Crippen LogP contribution in [-0.4, -0.2) is 24.1 Å². The molecule has 0 radical (unpaired) electrons. The zero-order valence-corrected chi connectivity index (χ0v) is 10.8. The molecule has 1 aromatic carbocycles. The van der Waals surface area contributed by atoms with Crippen molar-refractivity contribution < 1.29 is 4.74 Å². The lowest BCUT2D eigenvalue weighted by Gasteiger charge is -2.15. The van der Waals surface area contributed by atoms with Crippen LogP contribution in [0.15, 0.2) is 36.7 Å². The molecule has 1 unspecified atom stereocenters. The lowest BCUT2D eigenvalue weighted by atomic mass is 10.1. The third-order valence-electron chi connectivity index (χ3n) is 2.77. The minimum atomic E-state index is -0.0271. The van der Waals surface area contributed by atoms with E-state index in [-0.39, 0.29) is 6.04 Å². The monoisotopic (exact) mass is 243 g/mol. The molecule has 0 saturated carbocycles. The van der Waals surface area contributed by atoms with Gasteiger partial charge < -0.3 is 10.1 Å². The second kappa shape index (κ2) is 5.60. The summed E-state index contributed by atoms with van der Waals surface area (Å²) in [5.41, 5.74) is 2.14. The maximum absolute atomic E-state index is 5.24. The van der Waals surface area contributed by atoms with Crippen LogP contribution in [0, 0.1) is 6.92 Å². The van der Waals surface area contributed by atoms with Gasteiger partial charge in [0.15, 0.2) is 0 Å². The van der Waals surface area contributed by atoms with Crippen molar-refractivity contribution in [3.63, 3.8) is 0 Å². The number of hydrogen-bond donors (Lipinski definition) is 1. The first-order valence-electron chi connectivity index (χ1n) is 5.84. The summed E-state index contributed by atoms with van der Waals surface area (Å²) < 4.78 is 5.24. The molecule has 18 heavy (non-hydrogen) atoms. The third kappa shape index (κ3) is 2.65. The summed E-state index contributed by atoms with van der Waals surface area (Å²) >= 11 is 0. The van der Waals surface area contributed by atoms with Gasteiger partial charge in [-0.15, -0.1) is 0 Å². The Kier molecular flexibility index (Phi) is 3.89. The second-order valence-corrected chi connectivity index (χ2v) is 4.12. The summed E-state index contributed by atoms with van der Waals surface area (Å²) in [7, 11) is 3.56. The quantitative estimate of drug-likeness (QED) is 0.893. The molecule has 0 fully saturated rings. The van der Waals surface area contributed by atoms with Crippen molar-refractivity contribution in [2.45, 2.75) is 13.0 Å². The number of aromatic nitrogens is 2. The van der Waals surface area contributed by atoms with E-state index in [0.717, 1.165) is 22.7 Å². The average molecular weight is 243 g/mol. The number of nitrogens with zero attached hydrogens (tertiary/aromatic N) is 2. The Hall–Kier alpha value is -1.94. The fraction of sp³-hybridized carbons (Fsp3) is 0.286. The lowest BCUT2D eigenvalue weighted by Crippen LogP contribution is -2.20. The van der Waals surface area contributed by atoms with Crippen molar-refractivity contribution in [1.29, 1.82) is 0 Å². The SMILES string of the molecule is CNC(c1cccc(OC)c1)c1ncc(C)cn1. The minimum Gasteiger partial charge on any atom is -0.497 e. The number of methoxy groups -OCH3 is 1. The van der Waals surface area contributed by atoms with Gasteiger partial charge in [0, 0.05) is 12.4 Å². The normalized spacial score (nSPS) is 12.2. The average Bonchev–Trinajstić information content (AvgIpc) is 2.42. The van der Waals surface area contributed by atoms with Crippen LogP contribution in [0.25, 0.3) is 0 Å². The molecule has 1 N–H and O–H groups in total. The highest BCUT2D eigenvalue weighted by Gasteiger charge is 2.15. The fourth-order valence-electron chi connectivity index (χ4n) is 1.82. The molecule has 94 valence electrons. The molecule has 2 rings (SSSR count). The van der Waals surface area contributed by atoms with E-state index in [9.17, 15) is 0 Å². The summed E-state index contributed by atoms with van der Waals surface area (Å²) in [5, 5.41) is 3.22. The molecule has 0 saturated heterocycles. The van der Waals surface area contributed by atoms with Crippen LogP contribution >= 0.6 is 0 Å². The van der Waals surface area contributed by atoms with Crippen LogP contribution in [0.5, 0.6) is 5.75 Å². The summed E-state index contributed by atoms with van der Waals surface area (Å²) in [4.78, 5) is 8.73. The number of benzene rings is 1. The van der Waals surface area contributed by atoms with E-state index in [0.29, 0.717) is 0 Å². The Balaban J connectivity index is 2.35. The molecule has 2 aromatic rings. The van der Waals surface area contributed by atoms with Crippen LogP contribution in [-0.2, 0) is 0 Å². The van der Waals surface area contributed by atoms with Gasteiger partial charge in [0.25, 0.3) is 0 Å². The van der Waals surface area contributed by atoms with Gasteiger partial charge in [0.1, 0.15) is 11.6 Å². The highest BCUT2D eigenvalue weighted by Crippen LogP contribution is 2.22. The first kappa shape index (κ1) is 12.5. The zero-order valence-electron chi connectivity index (χ0n) is 10.8. The summed E-state index contributed by atoms with van der Waals surface area (Å²) in [6, 6.07) is 7.89. The second-order valence-electron chi connectivity index (χ2n) is 4.12. The Morgan fingerprint density at radius 3 is 2.56 bits per heavy atom. The van der Waals surface area contributed by atoms with Crippen LogP contribution in [0.1, 0.15) is 23.0 Å². The van der Waals surface area contributed by atoms with E-state index in [1.165, 1.54) is 0 Å². The molecule has 1 atom stereocenters. The van der Waals surface area contributed by atoms with E-state index in [4.69, 9.17) is 4.74 Å². The number of ether oxygens (including phenoxy) is 1. The summed E-state index contributed by atoms with van der Waals surface area (Å²) in [5.74, 6) is 1.59. The molecular weight excluding hydrogens is 226 g/mol. The Bertz CT molecular complexity index is 511. The molecule has 4 heteroatoms. The van der Waals surface area contributed by atoms with Crippen LogP contribution in [0.4, 0.5) is 0 Å². The standard InChI is InChI=1S/C14H17N3O/c1-10-8-16-14(17-9-10)13(15-2)11-5-4-6-12(7-11)18-3/h4-9,13,15H,1-3H3. The molecule has 0 aliphatic rings. The Morgan fingerprint density at radius 2 is 1.94 bits per heavy atom. The van der Waals surface area contributed by atoms with Gasteiger partial charge >= 0.3 is 0 Å². The Labute approximate surface area is 107 Å². The van der Waals surface area contributed by atoms with Gasteiger partial charge in [-0.25, -0.2) is 9.97 Å². The predicted octanol–water partition coefficient (Wildman–Crippen LogP) is 2.10. The first-order valence-corrected chi connectivity index (χ1v) is 5.84. The van der Waals surface area contributed by atoms with Crippen LogP contribution in [0.2, 0.25) is 0 Å². The highest BCUT2D eigenvalue weighted by atomic mass is 16.5. The number of hydrogen-bond acceptors (Lipinski definition) is 4. The fourth-order valence-corrected chi connectivity index (χ4v) is 1.82. The molecule has 0 aliphatic heterocycles. The number of rotatable bonds is 4. The van der Waals surface area contributed by atoms with E-state index in [1.807, 2.05) is 50.6 Å². The largest absolute Gasteiger partial charge is 0.497 e.